The number of rotatable bonds is 4. The molecule has 1 aromatic carbocycles. The van der Waals surface area contributed by atoms with Gasteiger partial charge in [0.25, 0.3) is 11.2 Å². The SMILES string of the molecule is CN(C1CCCCC1)N1CCN(c2nc(=O)c3cc(C(F)(F)F)cc([N+](=O)[O-])c3s2)CC1(C)C. The highest BCUT2D eigenvalue weighted by Crippen LogP contribution is 2.39. The lowest BCUT2D eigenvalue weighted by atomic mass is 9.94. The molecule has 0 bridgehead atoms. The lowest BCUT2D eigenvalue weighted by Crippen LogP contribution is -2.65. The number of nitrogens with zero attached hydrogens (tertiary/aromatic N) is 5. The topological polar surface area (TPSA) is 82.8 Å². The highest BCUT2D eigenvalue weighted by atomic mass is 32.1. The van der Waals surface area contributed by atoms with Gasteiger partial charge in [0.1, 0.15) is 4.70 Å². The third kappa shape index (κ3) is 4.76. The molecule has 12 heteroatoms. The van der Waals surface area contributed by atoms with Gasteiger partial charge in [-0.2, -0.15) is 18.2 Å². The minimum Gasteiger partial charge on any atom is -0.345 e. The molecule has 1 saturated heterocycles. The molecule has 0 N–H and O–H groups in total. The molecule has 2 aliphatic rings. The number of benzene rings is 1. The molecule has 0 radical (unpaired) electrons. The first-order valence-electron chi connectivity index (χ1n) is 11.3. The molecule has 0 unspecified atom stereocenters. The van der Waals surface area contributed by atoms with Crippen LogP contribution in [-0.4, -0.2) is 58.2 Å². The van der Waals surface area contributed by atoms with Gasteiger partial charge in [-0.15, -0.1) is 0 Å². The van der Waals surface area contributed by atoms with Gasteiger partial charge in [0.15, 0.2) is 5.13 Å². The summed E-state index contributed by atoms with van der Waals surface area (Å²) < 4.78 is 39.6. The first-order chi connectivity index (χ1) is 15.9. The van der Waals surface area contributed by atoms with Crippen molar-refractivity contribution in [2.75, 3.05) is 31.6 Å². The highest BCUT2D eigenvalue weighted by Gasteiger charge is 2.39. The highest BCUT2D eigenvalue weighted by molar-refractivity contribution is 7.22. The number of aromatic nitrogens is 1. The molecule has 0 spiro atoms. The van der Waals surface area contributed by atoms with Crippen molar-refractivity contribution < 1.29 is 18.1 Å². The number of piperazine rings is 1. The standard InChI is InChI=1S/C22H28F3N5O3S/c1-21(2)13-28(9-10-29(21)27(3)15-7-5-4-6-8-15)20-26-19(31)16-11-14(22(23,24)25)12-17(30(32)33)18(16)34-20/h11-12,15H,4-10,13H2,1-3H3. The second-order valence-corrected chi connectivity index (χ2v) is 10.6. The van der Waals surface area contributed by atoms with E-state index in [0.29, 0.717) is 37.8 Å². The number of anilines is 1. The van der Waals surface area contributed by atoms with Gasteiger partial charge in [-0.1, -0.05) is 30.6 Å². The van der Waals surface area contributed by atoms with Crippen molar-refractivity contribution in [2.45, 2.75) is 63.7 Å². The predicted molar refractivity (Wildman–Crippen MR) is 125 cm³/mol. The lowest BCUT2D eigenvalue weighted by Gasteiger charge is -2.53. The van der Waals surface area contributed by atoms with Crippen molar-refractivity contribution in [3.8, 4) is 0 Å². The molecule has 4 rings (SSSR count). The van der Waals surface area contributed by atoms with Crippen LogP contribution in [0.5, 0.6) is 0 Å². The van der Waals surface area contributed by atoms with Crippen molar-refractivity contribution >= 4 is 32.2 Å². The largest absolute Gasteiger partial charge is 0.416 e. The fourth-order valence-corrected chi connectivity index (χ4v) is 6.21. The van der Waals surface area contributed by atoms with Crippen LogP contribution in [0.3, 0.4) is 0 Å². The van der Waals surface area contributed by atoms with Crippen LogP contribution >= 0.6 is 11.3 Å². The van der Waals surface area contributed by atoms with E-state index in [0.717, 1.165) is 24.2 Å². The Labute approximate surface area is 199 Å². The van der Waals surface area contributed by atoms with E-state index < -0.39 is 27.9 Å². The fourth-order valence-electron chi connectivity index (χ4n) is 5.12. The molecule has 1 aromatic heterocycles. The summed E-state index contributed by atoms with van der Waals surface area (Å²) in [4.78, 5) is 29.3. The Morgan fingerprint density at radius 2 is 1.88 bits per heavy atom. The van der Waals surface area contributed by atoms with Crippen LogP contribution in [0, 0.1) is 10.1 Å². The molecular formula is C22H28F3N5O3S. The number of hydrogen-bond acceptors (Lipinski definition) is 8. The number of hydrogen-bond donors (Lipinski definition) is 0. The molecule has 8 nitrogen and oxygen atoms in total. The number of hydrazine groups is 1. The summed E-state index contributed by atoms with van der Waals surface area (Å²) in [5.41, 5.74) is -3.16. The van der Waals surface area contributed by atoms with E-state index in [1.54, 1.807) is 0 Å². The van der Waals surface area contributed by atoms with Gasteiger partial charge in [0.05, 0.1) is 15.9 Å². The maximum atomic E-state index is 13.2. The summed E-state index contributed by atoms with van der Waals surface area (Å²) in [6, 6.07) is 1.63. The third-order valence-corrected chi connectivity index (χ3v) is 7.99. The van der Waals surface area contributed by atoms with E-state index in [9.17, 15) is 28.1 Å². The van der Waals surface area contributed by atoms with Crippen LogP contribution in [0.4, 0.5) is 24.0 Å². The summed E-state index contributed by atoms with van der Waals surface area (Å²) in [5, 5.41) is 16.1. The van der Waals surface area contributed by atoms with Gasteiger partial charge >= 0.3 is 6.18 Å². The van der Waals surface area contributed by atoms with Gasteiger partial charge in [-0.25, -0.2) is 10.0 Å². The van der Waals surface area contributed by atoms with Crippen molar-refractivity contribution in [2.24, 2.45) is 0 Å². The zero-order chi connectivity index (χ0) is 24.8. The smallest absolute Gasteiger partial charge is 0.345 e. The normalized spacial score (nSPS) is 20.3. The van der Waals surface area contributed by atoms with Crippen LogP contribution in [0.15, 0.2) is 16.9 Å². The second kappa shape index (κ2) is 9.04. The summed E-state index contributed by atoms with van der Waals surface area (Å²) in [6.45, 7) is 5.94. The van der Waals surface area contributed by atoms with Crippen LogP contribution < -0.4 is 10.5 Å². The molecule has 0 atom stereocenters. The summed E-state index contributed by atoms with van der Waals surface area (Å²) >= 11 is 0.894. The second-order valence-electron chi connectivity index (χ2n) is 9.65. The van der Waals surface area contributed by atoms with E-state index in [1.807, 2.05) is 4.90 Å². The zero-order valence-electron chi connectivity index (χ0n) is 19.4. The van der Waals surface area contributed by atoms with E-state index in [4.69, 9.17) is 0 Å². The molecular weight excluding hydrogens is 471 g/mol. The Morgan fingerprint density at radius 1 is 1.21 bits per heavy atom. The van der Waals surface area contributed by atoms with Gasteiger partial charge in [0, 0.05) is 44.3 Å². The van der Waals surface area contributed by atoms with Gasteiger partial charge in [-0.3, -0.25) is 14.9 Å². The minimum atomic E-state index is -4.81. The molecule has 0 amide bonds. The van der Waals surface area contributed by atoms with Crippen molar-refractivity contribution in [1.82, 2.24) is 15.0 Å². The van der Waals surface area contributed by atoms with E-state index >= 15 is 0 Å². The van der Waals surface area contributed by atoms with Crippen molar-refractivity contribution in [3.63, 3.8) is 0 Å². The van der Waals surface area contributed by atoms with Crippen molar-refractivity contribution in [1.29, 1.82) is 0 Å². The molecule has 1 saturated carbocycles. The Bertz CT molecular complexity index is 1150. The maximum Gasteiger partial charge on any atom is 0.416 e. The summed E-state index contributed by atoms with van der Waals surface area (Å²) in [5.74, 6) is 0. The average molecular weight is 500 g/mol. The average Bonchev–Trinajstić information content (AvgIpc) is 2.77. The molecule has 1 aliphatic carbocycles. The Hall–Kier alpha value is -2.31. The number of halogens is 3. The Balaban J connectivity index is 1.66. The zero-order valence-corrected chi connectivity index (χ0v) is 20.2. The lowest BCUT2D eigenvalue weighted by molar-refractivity contribution is -0.383. The van der Waals surface area contributed by atoms with Crippen LogP contribution in [0.25, 0.3) is 10.1 Å². The van der Waals surface area contributed by atoms with Gasteiger partial charge < -0.3 is 4.90 Å². The third-order valence-electron chi connectivity index (χ3n) is 6.83. The summed E-state index contributed by atoms with van der Waals surface area (Å²) in [6.07, 6.45) is 1.22. The molecule has 2 fully saturated rings. The molecule has 186 valence electrons. The Kier molecular flexibility index (Phi) is 6.60. The number of fused-ring (bicyclic) bond motifs is 1. The molecule has 2 aromatic rings. The van der Waals surface area contributed by atoms with Crippen LogP contribution in [-0.2, 0) is 6.18 Å². The predicted octanol–water partition coefficient (Wildman–Crippen LogP) is 4.66. The Morgan fingerprint density at radius 3 is 2.47 bits per heavy atom. The molecule has 1 aliphatic heterocycles. The number of non-ortho nitro benzene ring substituents is 1. The number of nitro benzene ring substituents is 1. The monoisotopic (exact) mass is 499 g/mol. The van der Waals surface area contributed by atoms with Crippen LogP contribution in [0.1, 0.15) is 51.5 Å². The maximum absolute atomic E-state index is 13.2. The molecule has 34 heavy (non-hydrogen) atoms. The fraction of sp³-hybridized carbons (Fsp3) is 0.636. The first-order valence-corrected chi connectivity index (χ1v) is 12.2. The van der Waals surface area contributed by atoms with E-state index in [2.05, 4.69) is 35.9 Å². The summed E-state index contributed by atoms with van der Waals surface area (Å²) in [7, 11) is 2.11. The first kappa shape index (κ1) is 24.8. The van der Waals surface area contributed by atoms with Crippen LogP contribution in [0.2, 0.25) is 0 Å². The van der Waals surface area contributed by atoms with Crippen molar-refractivity contribution in [3.05, 3.63) is 38.2 Å². The van der Waals surface area contributed by atoms with Gasteiger partial charge in [0.2, 0.25) is 0 Å². The van der Waals surface area contributed by atoms with E-state index in [-0.39, 0.29) is 20.8 Å². The number of alkyl halides is 3. The van der Waals surface area contributed by atoms with Gasteiger partial charge in [-0.05, 0) is 32.8 Å². The van der Waals surface area contributed by atoms with E-state index in [1.165, 1.54) is 19.3 Å². The molecule has 2 heterocycles. The minimum absolute atomic E-state index is 0.0902. The number of nitro groups is 1. The quantitative estimate of drug-likeness (QED) is 0.447.